The van der Waals surface area contributed by atoms with E-state index in [1.54, 1.807) is 24.3 Å². The highest BCUT2D eigenvalue weighted by molar-refractivity contribution is 7.89. The number of carboxylic acid groups (broad SMARTS) is 1. The van der Waals surface area contributed by atoms with Crippen LogP contribution in [0, 0.1) is 0 Å². The second-order valence-electron chi connectivity index (χ2n) is 7.63. The summed E-state index contributed by atoms with van der Waals surface area (Å²) in [6.45, 7) is 1.97. The van der Waals surface area contributed by atoms with Crippen LogP contribution < -0.4 is 10.0 Å². The third-order valence-corrected chi connectivity index (χ3v) is 6.78. The van der Waals surface area contributed by atoms with E-state index < -0.39 is 45.3 Å². The highest BCUT2D eigenvalue weighted by Gasteiger charge is 2.56. The largest absolute Gasteiger partial charge is 0.478 e. The van der Waals surface area contributed by atoms with Gasteiger partial charge in [0.25, 0.3) is 5.91 Å². The first kappa shape index (κ1) is 24.1. The highest BCUT2D eigenvalue weighted by Crippen LogP contribution is 2.27. The molecule has 0 spiro atoms. The van der Waals surface area contributed by atoms with E-state index in [0.717, 1.165) is 18.7 Å². The van der Waals surface area contributed by atoms with E-state index in [1.807, 2.05) is 4.72 Å². The Kier molecular flexibility index (Phi) is 6.65. The fourth-order valence-electron chi connectivity index (χ4n) is 3.96. The van der Waals surface area contributed by atoms with Gasteiger partial charge in [-0.25, -0.2) is 13.2 Å². The number of fused-ring (bicyclic) bond motifs is 1. The van der Waals surface area contributed by atoms with Crippen LogP contribution in [0.25, 0.3) is 0 Å². The van der Waals surface area contributed by atoms with Crippen molar-refractivity contribution in [1.82, 2.24) is 14.9 Å². The molecule has 0 fully saturated rings. The van der Waals surface area contributed by atoms with Gasteiger partial charge in [0.2, 0.25) is 21.6 Å². The average Bonchev–Trinajstić information content (AvgIpc) is 2.75. The SMILES string of the molecule is CC(=O)NC(NS(=O)(=O)c1ccccc1)(C(=O)O)C(C(C)=O)N1CCc2ccccc2C1=O. The zero-order chi connectivity index (χ0) is 24.4. The molecular weight excluding hydrogens is 450 g/mol. The minimum Gasteiger partial charge on any atom is -0.478 e. The van der Waals surface area contributed by atoms with Crippen LogP contribution in [0.3, 0.4) is 0 Å². The van der Waals surface area contributed by atoms with Crippen LogP contribution in [0.2, 0.25) is 0 Å². The number of nitrogens with zero attached hydrogens (tertiary/aromatic N) is 1. The molecule has 1 heterocycles. The van der Waals surface area contributed by atoms with E-state index in [4.69, 9.17) is 0 Å². The average molecular weight is 474 g/mol. The number of hydrogen-bond acceptors (Lipinski definition) is 6. The summed E-state index contributed by atoms with van der Waals surface area (Å²) in [4.78, 5) is 51.4. The van der Waals surface area contributed by atoms with E-state index in [-0.39, 0.29) is 17.0 Å². The molecule has 2 aromatic carbocycles. The number of Topliss-reactive ketones (excluding diaryl/α,β-unsaturated/α-hetero) is 1. The van der Waals surface area contributed by atoms with E-state index >= 15 is 0 Å². The number of benzene rings is 2. The van der Waals surface area contributed by atoms with Gasteiger partial charge in [0.1, 0.15) is 6.04 Å². The predicted molar refractivity (Wildman–Crippen MR) is 117 cm³/mol. The van der Waals surface area contributed by atoms with Crippen LogP contribution in [0.1, 0.15) is 29.8 Å². The number of ketones is 1. The fraction of sp³-hybridized carbons (Fsp3) is 0.273. The highest BCUT2D eigenvalue weighted by atomic mass is 32.2. The topological polar surface area (TPSA) is 150 Å². The van der Waals surface area contributed by atoms with Gasteiger partial charge in [-0.05, 0) is 37.1 Å². The Balaban J connectivity index is 2.17. The van der Waals surface area contributed by atoms with Gasteiger partial charge in [-0.15, -0.1) is 0 Å². The molecule has 0 bridgehead atoms. The van der Waals surface area contributed by atoms with Gasteiger partial charge < -0.3 is 15.3 Å². The lowest BCUT2D eigenvalue weighted by molar-refractivity contribution is -0.154. The summed E-state index contributed by atoms with van der Waals surface area (Å²) in [5, 5.41) is 12.3. The molecule has 3 rings (SSSR count). The summed E-state index contributed by atoms with van der Waals surface area (Å²) >= 11 is 0. The summed E-state index contributed by atoms with van der Waals surface area (Å²) in [6, 6.07) is 11.7. The van der Waals surface area contributed by atoms with Crippen molar-refractivity contribution in [3.63, 3.8) is 0 Å². The second kappa shape index (κ2) is 9.12. The molecule has 2 atom stereocenters. The maximum absolute atomic E-state index is 13.2. The lowest BCUT2D eigenvalue weighted by Gasteiger charge is -2.43. The molecule has 0 saturated heterocycles. The molecule has 2 unspecified atom stereocenters. The van der Waals surface area contributed by atoms with Crippen LogP contribution >= 0.6 is 0 Å². The Morgan fingerprint density at radius 1 is 1.03 bits per heavy atom. The molecule has 0 aliphatic carbocycles. The van der Waals surface area contributed by atoms with Crippen molar-refractivity contribution in [2.24, 2.45) is 0 Å². The standard InChI is InChI=1S/C22H23N3O7S/c1-14(26)19(25-13-12-16-8-6-7-11-18(16)20(25)28)22(21(29)30,23-15(2)27)24-33(31,32)17-9-4-3-5-10-17/h3-11,19,24H,12-13H2,1-2H3,(H,23,27)(H,29,30). The maximum atomic E-state index is 13.2. The minimum atomic E-state index is -4.54. The minimum absolute atomic E-state index is 0.0538. The molecule has 0 aromatic heterocycles. The summed E-state index contributed by atoms with van der Waals surface area (Å²) in [7, 11) is -4.54. The zero-order valence-electron chi connectivity index (χ0n) is 17.9. The molecule has 3 N–H and O–H groups in total. The normalized spacial score (nSPS) is 16.3. The van der Waals surface area contributed by atoms with Crippen LogP contribution in [0.5, 0.6) is 0 Å². The molecule has 33 heavy (non-hydrogen) atoms. The van der Waals surface area contributed by atoms with Gasteiger partial charge in [0.05, 0.1) is 4.90 Å². The number of hydrogen-bond donors (Lipinski definition) is 3. The van der Waals surface area contributed by atoms with Crippen LogP contribution in [-0.4, -0.2) is 60.2 Å². The maximum Gasteiger partial charge on any atom is 0.348 e. The van der Waals surface area contributed by atoms with Gasteiger partial charge in [-0.1, -0.05) is 36.4 Å². The summed E-state index contributed by atoms with van der Waals surface area (Å²) in [5.41, 5.74) is -1.87. The molecule has 10 nitrogen and oxygen atoms in total. The first-order valence-corrected chi connectivity index (χ1v) is 11.5. The van der Waals surface area contributed by atoms with Crippen LogP contribution in [0.15, 0.2) is 59.5 Å². The quantitative estimate of drug-likeness (QED) is 0.474. The molecule has 0 saturated carbocycles. The molecule has 1 aliphatic rings. The molecule has 2 aromatic rings. The van der Waals surface area contributed by atoms with E-state index in [0.29, 0.717) is 12.0 Å². The zero-order valence-corrected chi connectivity index (χ0v) is 18.8. The van der Waals surface area contributed by atoms with Crippen molar-refractivity contribution in [2.75, 3.05) is 6.54 Å². The second-order valence-corrected chi connectivity index (χ2v) is 9.31. The first-order valence-electron chi connectivity index (χ1n) is 10.00. The van der Waals surface area contributed by atoms with Crippen molar-refractivity contribution in [1.29, 1.82) is 0 Å². The Morgan fingerprint density at radius 2 is 1.64 bits per heavy atom. The molecule has 174 valence electrons. The van der Waals surface area contributed by atoms with Crippen molar-refractivity contribution < 1.29 is 32.7 Å². The summed E-state index contributed by atoms with van der Waals surface area (Å²) in [5.74, 6) is -4.23. The van der Waals surface area contributed by atoms with Gasteiger partial charge in [-0.3, -0.25) is 14.4 Å². The van der Waals surface area contributed by atoms with E-state index in [1.165, 1.54) is 30.3 Å². The Bertz CT molecular complexity index is 1210. The Hall–Kier alpha value is -3.57. The fourth-order valence-corrected chi connectivity index (χ4v) is 5.27. The Morgan fingerprint density at radius 3 is 2.21 bits per heavy atom. The van der Waals surface area contributed by atoms with Gasteiger partial charge >= 0.3 is 5.97 Å². The van der Waals surface area contributed by atoms with Crippen LogP contribution in [-0.2, 0) is 30.8 Å². The smallest absolute Gasteiger partial charge is 0.348 e. The Labute approximate surface area is 190 Å². The van der Waals surface area contributed by atoms with Gasteiger partial charge in [-0.2, -0.15) is 4.72 Å². The third-order valence-electron chi connectivity index (χ3n) is 5.30. The number of aliphatic carboxylic acids is 1. The van der Waals surface area contributed by atoms with E-state index in [2.05, 4.69) is 5.32 Å². The van der Waals surface area contributed by atoms with Crippen molar-refractivity contribution in [3.05, 3.63) is 65.7 Å². The lowest BCUT2D eigenvalue weighted by Crippen LogP contribution is -2.77. The predicted octanol–water partition coefficient (Wildman–Crippen LogP) is 0.538. The number of carbonyl (C=O) groups is 4. The first-order chi connectivity index (χ1) is 15.5. The van der Waals surface area contributed by atoms with Crippen molar-refractivity contribution in [3.8, 4) is 0 Å². The molecule has 11 heteroatoms. The van der Waals surface area contributed by atoms with Crippen molar-refractivity contribution in [2.45, 2.75) is 36.9 Å². The number of nitrogens with one attached hydrogen (secondary N) is 2. The van der Waals surface area contributed by atoms with Gasteiger partial charge in [0.15, 0.2) is 5.78 Å². The molecule has 2 amide bonds. The molecular formula is C22H23N3O7S. The van der Waals surface area contributed by atoms with E-state index in [9.17, 15) is 32.7 Å². The summed E-state index contributed by atoms with van der Waals surface area (Å²) < 4.78 is 28.2. The third kappa shape index (κ3) is 4.64. The number of carboxylic acids is 1. The summed E-state index contributed by atoms with van der Waals surface area (Å²) in [6.07, 6.45) is 0.312. The van der Waals surface area contributed by atoms with Crippen LogP contribution in [0.4, 0.5) is 0 Å². The number of rotatable bonds is 8. The van der Waals surface area contributed by atoms with Crippen molar-refractivity contribution >= 4 is 33.6 Å². The monoisotopic (exact) mass is 473 g/mol. The number of sulfonamides is 1. The molecule has 1 aliphatic heterocycles. The van der Waals surface area contributed by atoms with Gasteiger partial charge in [0, 0.05) is 19.0 Å². The number of carbonyl (C=O) groups excluding carboxylic acids is 3. The molecule has 0 radical (unpaired) electrons. The number of amides is 2. The lowest BCUT2D eigenvalue weighted by atomic mass is 9.91.